The van der Waals surface area contributed by atoms with Gasteiger partial charge in [0.05, 0.1) is 24.1 Å². The average Bonchev–Trinajstić information content (AvgIpc) is 2.84. The SMILES string of the molecule is COc1ccc(CCNC(=O)C(Cc2ccccc2)NS(=O)(=O)c2ccc(OC)c(Cl)c2)cc1. The molecule has 34 heavy (non-hydrogen) atoms. The third kappa shape index (κ3) is 6.96. The van der Waals surface area contributed by atoms with Crippen LogP contribution in [0.3, 0.4) is 0 Å². The second-order valence-corrected chi connectivity index (χ2v) is 9.67. The zero-order valence-corrected chi connectivity index (χ0v) is 20.5. The number of halogens is 1. The number of amides is 1. The van der Waals surface area contributed by atoms with Crippen LogP contribution >= 0.6 is 11.6 Å². The summed E-state index contributed by atoms with van der Waals surface area (Å²) in [5, 5.41) is 3.00. The largest absolute Gasteiger partial charge is 0.497 e. The van der Waals surface area contributed by atoms with Crippen molar-refractivity contribution < 1.29 is 22.7 Å². The number of hydrogen-bond acceptors (Lipinski definition) is 5. The van der Waals surface area contributed by atoms with Crippen molar-refractivity contribution in [3.63, 3.8) is 0 Å². The lowest BCUT2D eigenvalue weighted by molar-refractivity contribution is -0.122. The first-order chi connectivity index (χ1) is 16.3. The molecule has 0 spiro atoms. The van der Waals surface area contributed by atoms with Gasteiger partial charge >= 0.3 is 0 Å². The Balaban J connectivity index is 1.73. The fourth-order valence-corrected chi connectivity index (χ4v) is 4.90. The first-order valence-corrected chi connectivity index (χ1v) is 12.5. The number of hydrogen-bond donors (Lipinski definition) is 2. The van der Waals surface area contributed by atoms with Gasteiger partial charge in [-0.05, 0) is 54.3 Å². The molecule has 0 aliphatic heterocycles. The lowest BCUT2D eigenvalue weighted by Crippen LogP contribution is -2.48. The van der Waals surface area contributed by atoms with E-state index in [1.807, 2.05) is 54.6 Å². The van der Waals surface area contributed by atoms with Gasteiger partial charge in [0.2, 0.25) is 15.9 Å². The number of carbonyl (C=O) groups is 1. The number of ether oxygens (including phenoxy) is 2. The minimum absolute atomic E-state index is 0.0533. The molecule has 0 fully saturated rings. The molecule has 0 heterocycles. The Hall–Kier alpha value is -3.07. The summed E-state index contributed by atoms with van der Waals surface area (Å²) in [5.41, 5.74) is 1.85. The number of sulfonamides is 1. The molecule has 0 saturated carbocycles. The highest BCUT2D eigenvalue weighted by Gasteiger charge is 2.26. The zero-order chi connectivity index (χ0) is 24.6. The quantitative estimate of drug-likeness (QED) is 0.418. The maximum absolute atomic E-state index is 13.0. The van der Waals surface area contributed by atoms with E-state index in [2.05, 4.69) is 10.0 Å². The summed E-state index contributed by atoms with van der Waals surface area (Å²) < 4.78 is 38.9. The molecular formula is C25H27ClN2O5S. The van der Waals surface area contributed by atoms with E-state index in [0.717, 1.165) is 16.9 Å². The summed E-state index contributed by atoms with van der Waals surface area (Å²) >= 11 is 6.11. The fraction of sp³-hybridized carbons (Fsp3) is 0.240. The summed E-state index contributed by atoms with van der Waals surface area (Å²) in [7, 11) is -0.977. The van der Waals surface area contributed by atoms with Gasteiger partial charge in [-0.1, -0.05) is 54.1 Å². The normalized spacial score (nSPS) is 12.1. The smallest absolute Gasteiger partial charge is 0.241 e. The Labute approximate surface area is 205 Å². The van der Waals surface area contributed by atoms with Crippen LogP contribution in [0.2, 0.25) is 5.02 Å². The van der Waals surface area contributed by atoms with Gasteiger partial charge in [-0.15, -0.1) is 0 Å². The first-order valence-electron chi connectivity index (χ1n) is 10.6. The molecule has 9 heteroatoms. The molecule has 1 atom stereocenters. The Morgan fingerprint density at radius 1 is 0.941 bits per heavy atom. The molecule has 3 aromatic carbocycles. The first kappa shape index (κ1) is 25.6. The molecule has 0 aromatic heterocycles. The fourth-order valence-electron chi connectivity index (χ4n) is 3.35. The van der Waals surface area contributed by atoms with Crippen molar-refractivity contribution >= 4 is 27.5 Å². The zero-order valence-electron chi connectivity index (χ0n) is 19.0. The van der Waals surface area contributed by atoms with Gasteiger partial charge in [-0.2, -0.15) is 4.72 Å². The van der Waals surface area contributed by atoms with E-state index in [1.165, 1.54) is 25.3 Å². The Bertz CT molecular complexity index is 1200. The second kappa shape index (κ2) is 11.9. The van der Waals surface area contributed by atoms with Gasteiger partial charge in [0.1, 0.15) is 17.5 Å². The molecule has 1 amide bonds. The number of nitrogens with one attached hydrogen (secondary N) is 2. The highest BCUT2D eigenvalue weighted by Crippen LogP contribution is 2.27. The molecule has 0 aliphatic rings. The summed E-state index contributed by atoms with van der Waals surface area (Å²) in [6.45, 7) is 0.354. The Kier molecular flexibility index (Phi) is 8.92. The number of rotatable bonds is 11. The van der Waals surface area contributed by atoms with Gasteiger partial charge in [-0.25, -0.2) is 8.42 Å². The van der Waals surface area contributed by atoms with E-state index in [0.29, 0.717) is 18.7 Å². The van der Waals surface area contributed by atoms with Crippen LogP contribution in [0.25, 0.3) is 0 Å². The Morgan fingerprint density at radius 3 is 2.26 bits per heavy atom. The molecule has 0 aliphatic carbocycles. The van der Waals surface area contributed by atoms with Gasteiger partial charge in [-0.3, -0.25) is 4.79 Å². The van der Waals surface area contributed by atoms with Crippen molar-refractivity contribution in [2.24, 2.45) is 0 Å². The molecule has 3 aromatic rings. The van der Waals surface area contributed by atoms with E-state index in [4.69, 9.17) is 21.1 Å². The third-order valence-corrected chi connectivity index (χ3v) is 6.97. The van der Waals surface area contributed by atoms with Crippen LogP contribution in [0.1, 0.15) is 11.1 Å². The summed E-state index contributed by atoms with van der Waals surface area (Å²) in [4.78, 5) is 13.0. The van der Waals surface area contributed by atoms with Crippen molar-refractivity contribution in [1.82, 2.24) is 10.0 Å². The summed E-state index contributed by atoms with van der Waals surface area (Å²) in [6.07, 6.45) is 0.785. The molecule has 2 N–H and O–H groups in total. The number of benzene rings is 3. The van der Waals surface area contributed by atoms with Crippen molar-refractivity contribution in [3.8, 4) is 11.5 Å². The average molecular weight is 503 g/mol. The highest BCUT2D eigenvalue weighted by atomic mass is 35.5. The van der Waals surface area contributed by atoms with E-state index in [9.17, 15) is 13.2 Å². The van der Waals surface area contributed by atoms with E-state index in [1.54, 1.807) is 7.11 Å². The molecule has 0 radical (unpaired) electrons. The van der Waals surface area contributed by atoms with E-state index < -0.39 is 22.0 Å². The van der Waals surface area contributed by atoms with Gasteiger partial charge in [0.15, 0.2) is 0 Å². The molecular weight excluding hydrogens is 476 g/mol. The maximum Gasteiger partial charge on any atom is 0.241 e. The van der Waals surface area contributed by atoms with Crippen LogP contribution in [-0.4, -0.2) is 41.1 Å². The summed E-state index contributed by atoms with van der Waals surface area (Å²) in [6, 6.07) is 19.9. The van der Waals surface area contributed by atoms with Gasteiger partial charge in [0, 0.05) is 6.54 Å². The van der Waals surface area contributed by atoms with E-state index in [-0.39, 0.29) is 16.3 Å². The Morgan fingerprint density at radius 2 is 1.65 bits per heavy atom. The van der Waals surface area contributed by atoms with Crippen molar-refractivity contribution in [1.29, 1.82) is 0 Å². The third-order valence-electron chi connectivity index (χ3n) is 5.20. The second-order valence-electron chi connectivity index (χ2n) is 7.55. The summed E-state index contributed by atoms with van der Waals surface area (Å²) in [5.74, 6) is 0.696. The van der Waals surface area contributed by atoms with E-state index >= 15 is 0 Å². The topological polar surface area (TPSA) is 93.7 Å². The van der Waals surface area contributed by atoms with Crippen molar-refractivity contribution in [2.75, 3.05) is 20.8 Å². The van der Waals surface area contributed by atoms with Gasteiger partial charge in [0.25, 0.3) is 0 Å². The molecule has 7 nitrogen and oxygen atoms in total. The molecule has 0 bridgehead atoms. The highest BCUT2D eigenvalue weighted by molar-refractivity contribution is 7.89. The predicted molar refractivity (Wildman–Crippen MR) is 132 cm³/mol. The monoisotopic (exact) mass is 502 g/mol. The minimum Gasteiger partial charge on any atom is -0.497 e. The predicted octanol–water partition coefficient (Wildman–Crippen LogP) is 3.61. The number of methoxy groups -OCH3 is 2. The van der Waals surface area contributed by atoms with Crippen molar-refractivity contribution in [3.05, 3.63) is 88.9 Å². The van der Waals surface area contributed by atoms with Crippen LogP contribution in [0.4, 0.5) is 0 Å². The lowest BCUT2D eigenvalue weighted by atomic mass is 10.1. The molecule has 3 rings (SSSR count). The molecule has 0 saturated heterocycles. The molecule has 180 valence electrons. The molecule has 1 unspecified atom stereocenters. The van der Waals surface area contributed by atoms with Crippen molar-refractivity contribution in [2.45, 2.75) is 23.8 Å². The minimum atomic E-state index is -4.02. The standard InChI is InChI=1S/C25H27ClN2O5S/c1-32-20-10-8-18(9-11-20)14-15-27-25(29)23(16-19-6-4-3-5-7-19)28-34(30,31)21-12-13-24(33-2)22(26)17-21/h3-13,17,23,28H,14-16H2,1-2H3,(H,27,29). The van der Waals surface area contributed by atoms with Crippen LogP contribution < -0.4 is 19.5 Å². The van der Waals surface area contributed by atoms with Crippen LogP contribution in [0.5, 0.6) is 11.5 Å². The van der Waals surface area contributed by atoms with Crippen LogP contribution in [0.15, 0.2) is 77.7 Å². The number of carbonyl (C=O) groups excluding carboxylic acids is 1. The maximum atomic E-state index is 13.0. The van der Waals surface area contributed by atoms with Crippen LogP contribution in [0, 0.1) is 0 Å². The van der Waals surface area contributed by atoms with Gasteiger partial charge < -0.3 is 14.8 Å². The van der Waals surface area contributed by atoms with Crippen LogP contribution in [-0.2, 0) is 27.7 Å². The lowest BCUT2D eigenvalue weighted by Gasteiger charge is -2.19.